The summed E-state index contributed by atoms with van der Waals surface area (Å²) >= 11 is 0. The molecule has 0 aliphatic carbocycles. The highest BCUT2D eigenvalue weighted by Crippen LogP contribution is 2.21. The predicted molar refractivity (Wildman–Crippen MR) is 99.0 cm³/mol. The van der Waals surface area contributed by atoms with Gasteiger partial charge in [-0.2, -0.15) is 0 Å². The summed E-state index contributed by atoms with van der Waals surface area (Å²) in [5, 5.41) is 0.995. The zero-order chi connectivity index (χ0) is 17.6. The monoisotopic (exact) mass is 334 g/mol. The maximum Gasteiger partial charge on any atom is 0.222 e. The highest BCUT2D eigenvalue weighted by atomic mass is 16.2. The van der Waals surface area contributed by atoms with E-state index in [1.807, 2.05) is 61.2 Å². The van der Waals surface area contributed by atoms with E-state index in [0.717, 1.165) is 35.4 Å². The summed E-state index contributed by atoms with van der Waals surface area (Å²) in [6, 6.07) is 13.6. The number of hydrogen-bond donors (Lipinski definition) is 0. The number of para-hydroxylation sites is 1. The highest BCUT2D eigenvalue weighted by Gasteiger charge is 2.14. The van der Waals surface area contributed by atoms with E-state index < -0.39 is 0 Å². The van der Waals surface area contributed by atoms with Crippen LogP contribution in [0.15, 0.2) is 48.7 Å². The average Bonchev–Trinajstić information content (AvgIpc) is 2.67. The fourth-order valence-electron chi connectivity index (χ4n) is 2.90. The lowest BCUT2D eigenvalue weighted by molar-refractivity contribution is -0.130. The number of rotatable bonds is 6. The zero-order valence-electron chi connectivity index (χ0n) is 14.6. The molecule has 1 amide bonds. The summed E-state index contributed by atoms with van der Waals surface area (Å²) in [6.45, 7) is 5.47. The van der Waals surface area contributed by atoms with E-state index in [2.05, 4.69) is 9.97 Å². The highest BCUT2D eigenvalue weighted by molar-refractivity contribution is 5.83. The largest absolute Gasteiger partial charge is 0.343 e. The van der Waals surface area contributed by atoms with Crippen LogP contribution in [0.4, 0.5) is 0 Å². The van der Waals surface area contributed by atoms with E-state index in [1.165, 1.54) is 0 Å². The Kier molecular flexibility index (Phi) is 5.33. The summed E-state index contributed by atoms with van der Waals surface area (Å²) < 4.78 is 0. The van der Waals surface area contributed by atoms with Crippen LogP contribution < -0.4 is 0 Å². The van der Waals surface area contributed by atoms with Crippen LogP contribution in [0, 0.1) is 0 Å². The van der Waals surface area contributed by atoms with Gasteiger partial charge in [0.25, 0.3) is 0 Å². The van der Waals surface area contributed by atoms with Crippen molar-refractivity contribution in [1.29, 1.82) is 0 Å². The predicted octanol–water partition coefficient (Wildman–Crippen LogP) is 3.49. The quantitative estimate of drug-likeness (QED) is 0.692. The summed E-state index contributed by atoms with van der Waals surface area (Å²) in [4.78, 5) is 27.9. The van der Waals surface area contributed by atoms with Gasteiger partial charge in [-0.25, -0.2) is 9.97 Å². The number of carbonyl (C=O) groups is 1. The van der Waals surface area contributed by atoms with Gasteiger partial charge in [-0.1, -0.05) is 24.3 Å². The topological polar surface area (TPSA) is 59.0 Å². The Morgan fingerprint density at radius 3 is 2.48 bits per heavy atom. The first-order valence-corrected chi connectivity index (χ1v) is 8.67. The minimum Gasteiger partial charge on any atom is -0.343 e. The molecule has 0 saturated carbocycles. The Morgan fingerprint density at radius 1 is 1.00 bits per heavy atom. The van der Waals surface area contributed by atoms with E-state index in [-0.39, 0.29) is 5.91 Å². The van der Waals surface area contributed by atoms with Crippen molar-refractivity contribution < 1.29 is 4.79 Å². The van der Waals surface area contributed by atoms with Gasteiger partial charge in [-0.05, 0) is 38.5 Å². The third-order valence-electron chi connectivity index (χ3n) is 4.27. The molecule has 2 heterocycles. The lowest BCUT2D eigenvalue weighted by atomic mass is 10.1. The second-order valence-corrected chi connectivity index (χ2v) is 5.79. The normalized spacial score (nSPS) is 10.8. The lowest BCUT2D eigenvalue weighted by Crippen LogP contribution is -2.30. The van der Waals surface area contributed by atoms with Crippen molar-refractivity contribution in [2.75, 3.05) is 13.1 Å². The molecule has 0 unspecified atom stereocenters. The Hall–Kier alpha value is -2.82. The van der Waals surface area contributed by atoms with Gasteiger partial charge in [0.2, 0.25) is 5.91 Å². The summed E-state index contributed by atoms with van der Waals surface area (Å²) in [5.41, 5.74) is 2.51. The summed E-state index contributed by atoms with van der Waals surface area (Å²) in [6.07, 6.45) is 2.78. The molecule has 0 saturated heterocycles. The van der Waals surface area contributed by atoms with Gasteiger partial charge in [-0.15, -0.1) is 0 Å². The number of hydrogen-bond acceptors (Lipinski definition) is 4. The molecule has 3 aromatic rings. The molecule has 0 radical (unpaired) electrons. The smallest absolute Gasteiger partial charge is 0.222 e. The van der Waals surface area contributed by atoms with Crippen molar-refractivity contribution in [2.45, 2.75) is 26.7 Å². The van der Waals surface area contributed by atoms with Crippen LogP contribution in [0.2, 0.25) is 0 Å². The number of fused-ring (bicyclic) bond motifs is 1. The summed E-state index contributed by atoms with van der Waals surface area (Å²) in [5.74, 6) is 0.761. The van der Waals surface area contributed by atoms with Gasteiger partial charge in [-0.3, -0.25) is 9.78 Å². The molecule has 0 atom stereocenters. The van der Waals surface area contributed by atoms with Crippen molar-refractivity contribution in [2.24, 2.45) is 0 Å². The van der Waals surface area contributed by atoms with E-state index in [0.29, 0.717) is 18.7 Å². The molecule has 5 heteroatoms. The zero-order valence-corrected chi connectivity index (χ0v) is 14.6. The molecule has 128 valence electrons. The molecule has 5 nitrogen and oxygen atoms in total. The molecule has 0 fully saturated rings. The standard InChI is InChI=1S/C20H22N4O/c1-3-24(4-2)19(25)13-12-17-15-9-5-6-10-16(15)22-20(23-17)18-11-7-8-14-21-18/h5-11,14H,3-4,12-13H2,1-2H3. The van der Waals surface area contributed by atoms with E-state index in [4.69, 9.17) is 4.98 Å². The molecular formula is C20H22N4O. The third-order valence-corrected chi connectivity index (χ3v) is 4.27. The molecule has 0 aliphatic heterocycles. The lowest BCUT2D eigenvalue weighted by Gasteiger charge is -2.18. The van der Waals surface area contributed by atoms with Crippen LogP contribution in [-0.2, 0) is 11.2 Å². The number of aromatic nitrogens is 3. The number of pyridine rings is 1. The van der Waals surface area contributed by atoms with Crippen molar-refractivity contribution in [3.8, 4) is 11.5 Å². The van der Waals surface area contributed by atoms with Crippen molar-refractivity contribution in [3.63, 3.8) is 0 Å². The third kappa shape index (κ3) is 3.82. The van der Waals surface area contributed by atoms with Crippen LogP contribution >= 0.6 is 0 Å². The van der Waals surface area contributed by atoms with Gasteiger partial charge in [0, 0.05) is 31.1 Å². The first-order valence-electron chi connectivity index (χ1n) is 8.67. The Bertz CT molecular complexity index is 860. The first-order chi connectivity index (χ1) is 12.2. The van der Waals surface area contributed by atoms with Gasteiger partial charge in [0.1, 0.15) is 5.69 Å². The van der Waals surface area contributed by atoms with Gasteiger partial charge < -0.3 is 4.90 Å². The Balaban J connectivity index is 1.94. The number of aryl methyl sites for hydroxylation is 1. The minimum absolute atomic E-state index is 0.159. The number of nitrogens with zero attached hydrogens (tertiary/aromatic N) is 4. The summed E-state index contributed by atoms with van der Waals surface area (Å²) in [7, 11) is 0. The second kappa shape index (κ2) is 7.83. The number of benzene rings is 1. The van der Waals surface area contributed by atoms with Gasteiger partial charge in [0.15, 0.2) is 5.82 Å². The van der Waals surface area contributed by atoms with Crippen molar-refractivity contribution >= 4 is 16.8 Å². The van der Waals surface area contributed by atoms with Crippen LogP contribution in [0.3, 0.4) is 0 Å². The molecule has 2 aromatic heterocycles. The molecule has 0 bridgehead atoms. The molecule has 3 rings (SSSR count). The van der Waals surface area contributed by atoms with Crippen molar-refractivity contribution in [1.82, 2.24) is 19.9 Å². The Labute approximate surface area is 147 Å². The van der Waals surface area contributed by atoms with E-state index >= 15 is 0 Å². The molecule has 0 N–H and O–H groups in total. The second-order valence-electron chi connectivity index (χ2n) is 5.79. The van der Waals surface area contributed by atoms with Crippen LogP contribution in [0.25, 0.3) is 22.4 Å². The maximum absolute atomic E-state index is 12.3. The number of carbonyl (C=O) groups excluding carboxylic acids is 1. The molecule has 1 aromatic carbocycles. The fourth-order valence-corrected chi connectivity index (χ4v) is 2.90. The van der Waals surface area contributed by atoms with E-state index in [1.54, 1.807) is 6.20 Å². The van der Waals surface area contributed by atoms with E-state index in [9.17, 15) is 4.79 Å². The Morgan fingerprint density at radius 2 is 1.76 bits per heavy atom. The SMILES string of the molecule is CCN(CC)C(=O)CCc1nc(-c2ccccn2)nc2ccccc12. The molecule has 25 heavy (non-hydrogen) atoms. The molecule has 0 aliphatic rings. The average molecular weight is 334 g/mol. The first kappa shape index (κ1) is 17.0. The minimum atomic E-state index is 0.159. The fraction of sp³-hybridized carbons (Fsp3) is 0.300. The van der Waals surface area contributed by atoms with Gasteiger partial charge in [0.05, 0.1) is 11.2 Å². The molecular weight excluding hydrogens is 312 g/mol. The van der Waals surface area contributed by atoms with Gasteiger partial charge >= 0.3 is 0 Å². The van der Waals surface area contributed by atoms with Crippen LogP contribution in [-0.4, -0.2) is 38.8 Å². The maximum atomic E-state index is 12.3. The van der Waals surface area contributed by atoms with Crippen LogP contribution in [0.5, 0.6) is 0 Å². The van der Waals surface area contributed by atoms with Crippen molar-refractivity contribution in [3.05, 3.63) is 54.4 Å². The van der Waals surface area contributed by atoms with Crippen LogP contribution in [0.1, 0.15) is 26.0 Å². The number of amides is 1. The molecule has 0 spiro atoms.